The highest BCUT2D eigenvalue weighted by molar-refractivity contribution is 9.11. The van der Waals surface area contributed by atoms with E-state index in [1.54, 1.807) is 57.2 Å². The fraction of sp³-hybridized carbons (Fsp3) is 0.250. The number of carbonyl (C=O) groups excluding carboxylic acids is 2. The Morgan fingerprint density at radius 2 is 1.82 bits per heavy atom. The van der Waals surface area contributed by atoms with Crippen LogP contribution in [0, 0.1) is 11.3 Å². The molecule has 5 rings (SSSR count). The Morgan fingerprint density at radius 1 is 1.04 bits per heavy atom. The number of nitriles is 1. The smallest absolute Gasteiger partial charge is 0.343 e. The third kappa shape index (κ3) is 7.85. The van der Waals surface area contributed by atoms with Crippen LogP contribution in [0.15, 0.2) is 84.6 Å². The van der Waals surface area contributed by atoms with Gasteiger partial charge >= 0.3 is 11.9 Å². The summed E-state index contributed by atoms with van der Waals surface area (Å²) in [5.41, 5.74) is 2.54. The van der Waals surface area contributed by atoms with E-state index < -0.39 is 23.5 Å². The zero-order valence-electron chi connectivity index (χ0n) is 27.5. The second-order valence-corrected chi connectivity index (χ2v) is 13.4. The maximum atomic E-state index is 14.4. The number of fused-ring (bicyclic) bond motifs is 1. The molecule has 0 saturated carbocycles. The summed E-state index contributed by atoms with van der Waals surface area (Å²) in [6.45, 7) is 5.40. The zero-order chi connectivity index (χ0) is 35.9. The van der Waals surface area contributed by atoms with Gasteiger partial charge in [0.1, 0.15) is 12.4 Å². The Labute approximate surface area is 308 Å². The molecule has 0 saturated heterocycles. The number of carbonyl (C=O) groups is 2. The summed E-state index contributed by atoms with van der Waals surface area (Å²) in [4.78, 5) is 44.6. The van der Waals surface area contributed by atoms with Crippen molar-refractivity contribution in [2.24, 2.45) is 4.99 Å². The average molecular weight is 826 g/mol. The van der Waals surface area contributed by atoms with Crippen LogP contribution in [-0.2, 0) is 25.7 Å². The molecule has 258 valence electrons. The van der Waals surface area contributed by atoms with Crippen LogP contribution in [0.3, 0.4) is 0 Å². The highest BCUT2D eigenvalue weighted by Crippen LogP contribution is 2.37. The van der Waals surface area contributed by atoms with Gasteiger partial charge in [-0.3, -0.25) is 9.36 Å². The maximum absolute atomic E-state index is 14.4. The zero-order valence-corrected chi connectivity index (χ0v) is 31.4. The minimum atomic E-state index is -0.922. The standard InChI is InChI=1S/C36H31Br2N3O8S/c1-5-46-28-14-21(11-12-27(28)48-19-30(42)45-4)32-31(35(44)47-6-2)20(3)40-36-41(32)34(43)29(50-36)15-24-13-25(37)16-26(38)33(24)49-18-23-10-8-7-9-22(23)17-39/h7-16,32H,5-6,18-19H2,1-4H3/b29-15+/t32-/m1/s1. The van der Waals surface area contributed by atoms with E-state index in [9.17, 15) is 19.6 Å². The molecule has 2 heterocycles. The number of hydrogen-bond donors (Lipinski definition) is 0. The number of ether oxygens (including phenoxy) is 5. The molecule has 0 radical (unpaired) electrons. The van der Waals surface area contributed by atoms with Crippen LogP contribution in [0.1, 0.15) is 49.1 Å². The van der Waals surface area contributed by atoms with E-state index in [2.05, 4.69) is 47.7 Å². The predicted octanol–water partition coefficient (Wildman–Crippen LogP) is 5.72. The largest absolute Gasteiger partial charge is 0.490 e. The van der Waals surface area contributed by atoms with E-state index in [0.29, 0.717) is 53.3 Å². The van der Waals surface area contributed by atoms with Crippen molar-refractivity contribution in [3.63, 3.8) is 0 Å². The highest BCUT2D eigenvalue weighted by atomic mass is 79.9. The van der Waals surface area contributed by atoms with E-state index >= 15 is 0 Å². The Morgan fingerprint density at radius 3 is 2.54 bits per heavy atom. The van der Waals surface area contributed by atoms with Crippen LogP contribution < -0.4 is 29.1 Å². The lowest BCUT2D eigenvalue weighted by Gasteiger charge is -2.25. The SMILES string of the molecule is CCOC(=O)C1=C(C)N=c2s/c(=C/c3cc(Br)cc(Br)c3OCc3ccccc3C#N)c(=O)n2[C@@H]1c1ccc(OCC(=O)OC)c(OCC)c1. The minimum Gasteiger partial charge on any atom is -0.490 e. The number of allylic oxidation sites excluding steroid dienone is 1. The number of esters is 2. The Bertz CT molecular complexity index is 2220. The normalized spacial score (nSPS) is 13.9. The molecule has 0 aliphatic carbocycles. The van der Waals surface area contributed by atoms with E-state index in [1.807, 2.05) is 24.3 Å². The van der Waals surface area contributed by atoms with Gasteiger partial charge in [-0.1, -0.05) is 51.5 Å². The molecule has 3 aromatic carbocycles. The highest BCUT2D eigenvalue weighted by Gasteiger charge is 2.34. The summed E-state index contributed by atoms with van der Waals surface area (Å²) < 4.78 is 31.0. The van der Waals surface area contributed by atoms with Crippen LogP contribution in [0.4, 0.5) is 0 Å². The second kappa shape index (κ2) is 16.3. The van der Waals surface area contributed by atoms with Gasteiger partial charge in [0.25, 0.3) is 5.56 Å². The number of aromatic nitrogens is 1. The quantitative estimate of drug-likeness (QED) is 0.164. The van der Waals surface area contributed by atoms with E-state index in [4.69, 9.17) is 18.9 Å². The lowest BCUT2D eigenvalue weighted by molar-refractivity contribution is -0.143. The maximum Gasteiger partial charge on any atom is 0.343 e. The molecule has 4 aromatic rings. The van der Waals surface area contributed by atoms with Crippen LogP contribution in [0.5, 0.6) is 17.2 Å². The van der Waals surface area contributed by atoms with E-state index in [0.717, 1.165) is 15.8 Å². The number of nitrogens with zero attached hydrogens (tertiary/aromatic N) is 3. The van der Waals surface area contributed by atoms with Crippen LogP contribution >= 0.6 is 43.2 Å². The van der Waals surface area contributed by atoms with Gasteiger partial charge in [-0.15, -0.1) is 0 Å². The molecule has 0 spiro atoms. The van der Waals surface area contributed by atoms with Crippen LogP contribution in [0.2, 0.25) is 0 Å². The molecule has 0 amide bonds. The van der Waals surface area contributed by atoms with E-state index in [1.165, 1.54) is 11.7 Å². The third-order valence-corrected chi connectivity index (χ3v) is 9.54. The molecule has 0 bridgehead atoms. The fourth-order valence-electron chi connectivity index (χ4n) is 5.27. The van der Waals surface area contributed by atoms with Gasteiger partial charge in [0.05, 0.1) is 58.3 Å². The molecule has 50 heavy (non-hydrogen) atoms. The molecule has 1 aromatic heterocycles. The summed E-state index contributed by atoms with van der Waals surface area (Å²) in [6, 6.07) is 17.1. The van der Waals surface area contributed by atoms with Crippen molar-refractivity contribution in [2.75, 3.05) is 26.9 Å². The molecule has 1 atom stereocenters. The number of rotatable bonds is 12. The van der Waals surface area contributed by atoms with Crippen molar-refractivity contribution in [1.29, 1.82) is 5.26 Å². The number of hydrogen-bond acceptors (Lipinski definition) is 11. The molecular weight excluding hydrogens is 794 g/mol. The first-order valence-electron chi connectivity index (χ1n) is 15.4. The van der Waals surface area contributed by atoms with Crippen molar-refractivity contribution in [1.82, 2.24) is 4.57 Å². The topological polar surface area (TPSA) is 138 Å². The Hall–Kier alpha value is -4.71. The fourth-order valence-corrected chi connectivity index (χ4v) is 7.68. The summed E-state index contributed by atoms with van der Waals surface area (Å²) in [6.07, 6.45) is 1.71. The summed E-state index contributed by atoms with van der Waals surface area (Å²) in [5, 5.41) is 9.55. The third-order valence-electron chi connectivity index (χ3n) is 7.51. The molecule has 1 aliphatic heterocycles. The Kier molecular flexibility index (Phi) is 11.9. The lowest BCUT2D eigenvalue weighted by atomic mass is 9.95. The van der Waals surface area contributed by atoms with Crippen molar-refractivity contribution in [2.45, 2.75) is 33.4 Å². The number of halogens is 2. The minimum absolute atomic E-state index is 0.121. The number of thiazole rings is 1. The van der Waals surface area contributed by atoms with Crippen molar-refractivity contribution < 1.29 is 33.3 Å². The first-order chi connectivity index (χ1) is 24.1. The molecule has 1 aliphatic rings. The Balaban J connectivity index is 1.65. The van der Waals surface area contributed by atoms with Gasteiger partial charge in [0, 0.05) is 15.6 Å². The summed E-state index contributed by atoms with van der Waals surface area (Å²) >= 11 is 8.29. The van der Waals surface area contributed by atoms with Gasteiger partial charge < -0.3 is 23.7 Å². The van der Waals surface area contributed by atoms with Crippen LogP contribution in [-0.4, -0.2) is 43.4 Å². The second-order valence-electron chi connectivity index (χ2n) is 10.7. The molecule has 11 nitrogen and oxygen atoms in total. The molecule has 0 N–H and O–H groups in total. The summed E-state index contributed by atoms with van der Waals surface area (Å²) in [5.74, 6) is -0.105. The predicted molar refractivity (Wildman–Crippen MR) is 193 cm³/mol. The first kappa shape index (κ1) is 36.6. The van der Waals surface area contributed by atoms with Crippen LogP contribution in [0.25, 0.3) is 6.08 Å². The van der Waals surface area contributed by atoms with Gasteiger partial charge in [-0.25, -0.2) is 14.6 Å². The summed E-state index contributed by atoms with van der Waals surface area (Å²) in [7, 11) is 1.26. The molecular formula is C36H31Br2N3O8S. The van der Waals surface area contributed by atoms with Gasteiger partial charge in [0.15, 0.2) is 22.9 Å². The molecule has 14 heteroatoms. The van der Waals surface area contributed by atoms with Gasteiger partial charge in [0.2, 0.25) is 0 Å². The first-order valence-corrected chi connectivity index (χ1v) is 17.8. The number of methoxy groups -OCH3 is 1. The van der Waals surface area contributed by atoms with Crippen molar-refractivity contribution in [3.05, 3.63) is 117 Å². The van der Waals surface area contributed by atoms with Crippen molar-refractivity contribution in [3.8, 4) is 23.3 Å². The van der Waals surface area contributed by atoms with Gasteiger partial charge in [-0.2, -0.15) is 5.26 Å². The number of benzene rings is 3. The van der Waals surface area contributed by atoms with E-state index in [-0.39, 0.29) is 37.8 Å². The molecule has 0 unspecified atom stereocenters. The monoisotopic (exact) mass is 823 g/mol. The lowest BCUT2D eigenvalue weighted by Crippen LogP contribution is -2.40. The van der Waals surface area contributed by atoms with Gasteiger partial charge in [-0.05, 0) is 78.7 Å². The average Bonchev–Trinajstić information content (AvgIpc) is 3.40. The molecule has 0 fully saturated rings. The van der Waals surface area contributed by atoms with Crippen molar-refractivity contribution >= 4 is 61.2 Å².